The molecule has 4 nitrogen and oxygen atoms in total. The van der Waals surface area contributed by atoms with E-state index in [1.54, 1.807) is 13.8 Å². The SMILES string of the molecule is CCOC(=O)C1CCC(c2ccccc2)CC1C(=O)OCC. The van der Waals surface area contributed by atoms with Crippen LogP contribution in [0.15, 0.2) is 30.3 Å². The largest absolute Gasteiger partial charge is 0.466 e. The molecule has 4 heteroatoms. The number of carbonyl (C=O) groups is 2. The van der Waals surface area contributed by atoms with E-state index < -0.39 is 5.92 Å². The summed E-state index contributed by atoms with van der Waals surface area (Å²) >= 11 is 0. The van der Waals surface area contributed by atoms with Crippen LogP contribution >= 0.6 is 0 Å². The first-order valence-corrected chi connectivity index (χ1v) is 8.05. The van der Waals surface area contributed by atoms with Gasteiger partial charge in [0, 0.05) is 0 Å². The molecule has 0 saturated heterocycles. The Kier molecular flexibility index (Phi) is 5.99. The van der Waals surface area contributed by atoms with E-state index in [4.69, 9.17) is 9.47 Å². The second-order valence-electron chi connectivity index (χ2n) is 5.64. The molecule has 0 aromatic heterocycles. The van der Waals surface area contributed by atoms with Gasteiger partial charge in [0.25, 0.3) is 0 Å². The van der Waals surface area contributed by atoms with E-state index in [2.05, 4.69) is 12.1 Å². The van der Waals surface area contributed by atoms with Gasteiger partial charge in [0.2, 0.25) is 0 Å². The molecule has 0 N–H and O–H groups in total. The van der Waals surface area contributed by atoms with Crippen molar-refractivity contribution < 1.29 is 19.1 Å². The Morgan fingerprint density at radius 1 is 0.955 bits per heavy atom. The van der Waals surface area contributed by atoms with Gasteiger partial charge in [-0.15, -0.1) is 0 Å². The molecule has 3 atom stereocenters. The Labute approximate surface area is 131 Å². The Balaban J connectivity index is 2.15. The van der Waals surface area contributed by atoms with E-state index in [1.807, 2.05) is 18.2 Å². The standard InChI is InChI=1S/C18H24O4/c1-3-21-17(19)15-11-10-14(13-8-6-5-7-9-13)12-16(15)18(20)22-4-2/h5-9,14-16H,3-4,10-12H2,1-2H3. The third kappa shape index (κ3) is 3.87. The van der Waals surface area contributed by atoms with E-state index in [-0.39, 0.29) is 17.9 Å². The highest BCUT2D eigenvalue weighted by Crippen LogP contribution is 2.40. The Morgan fingerprint density at radius 3 is 2.14 bits per heavy atom. The monoisotopic (exact) mass is 304 g/mol. The van der Waals surface area contributed by atoms with Crippen LogP contribution in [0.2, 0.25) is 0 Å². The van der Waals surface area contributed by atoms with Crippen LogP contribution in [0.4, 0.5) is 0 Å². The number of benzene rings is 1. The molecular weight excluding hydrogens is 280 g/mol. The maximum atomic E-state index is 12.3. The minimum absolute atomic E-state index is 0.271. The predicted molar refractivity (Wildman–Crippen MR) is 83.3 cm³/mol. The Bertz CT molecular complexity index is 497. The fourth-order valence-corrected chi connectivity index (χ4v) is 3.24. The number of carbonyl (C=O) groups excluding carboxylic acids is 2. The molecule has 0 amide bonds. The molecule has 1 aliphatic rings. The molecule has 120 valence electrons. The van der Waals surface area contributed by atoms with Crippen molar-refractivity contribution in [1.82, 2.24) is 0 Å². The first-order chi connectivity index (χ1) is 10.7. The molecular formula is C18H24O4. The van der Waals surface area contributed by atoms with Gasteiger partial charge in [-0.1, -0.05) is 30.3 Å². The fourth-order valence-electron chi connectivity index (χ4n) is 3.24. The zero-order valence-corrected chi connectivity index (χ0v) is 13.3. The van der Waals surface area contributed by atoms with E-state index >= 15 is 0 Å². The molecule has 0 spiro atoms. The number of ether oxygens (including phenoxy) is 2. The van der Waals surface area contributed by atoms with Crippen molar-refractivity contribution in [2.24, 2.45) is 11.8 Å². The lowest BCUT2D eigenvalue weighted by molar-refractivity contribution is -0.162. The van der Waals surface area contributed by atoms with Gasteiger partial charge in [-0.05, 0) is 44.6 Å². The molecule has 1 aliphatic carbocycles. The molecule has 0 bridgehead atoms. The van der Waals surface area contributed by atoms with Crippen molar-refractivity contribution in [2.45, 2.75) is 39.0 Å². The molecule has 22 heavy (non-hydrogen) atoms. The van der Waals surface area contributed by atoms with Gasteiger partial charge in [0.1, 0.15) is 0 Å². The lowest BCUT2D eigenvalue weighted by Gasteiger charge is -2.33. The van der Waals surface area contributed by atoms with Gasteiger partial charge in [-0.25, -0.2) is 0 Å². The summed E-state index contributed by atoms with van der Waals surface area (Å²) in [5, 5.41) is 0. The first kappa shape index (κ1) is 16.5. The highest BCUT2D eigenvalue weighted by molar-refractivity contribution is 5.82. The quantitative estimate of drug-likeness (QED) is 0.783. The van der Waals surface area contributed by atoms with Crippen molar-refractivity contribution in [3.63, 3.8) is 0 Å². The summed E-state index contributed by atoms with van der Waals surface area (Å²) < 4.78 is 10.3. The molecule has 1 aromatic carbocycles. The molecule has 1 aromatic rings. The third-order valence-electron chi connectivity index (χ3n) is 4.30. The summed E-state index contributed by atoms with van der Waals surface area (Å²) in [5.74, 6) is -1.04. The van der Waals surface area contributed by atoms with E-state index in [0.717, 1.165) is 6.42 Å². The lowest BCUT2D eigenvalue weighted by Crippen LogP contribution is -2.37. The van der Waals surface area contributed by atoms with Crippen molar-refractivity contribution in [2.75, 3.05) is 13.2 Å². The Morgan fingerprint density at radius 2 is 1.55 bits per heavy atom. The molecule has 1 saturated carbocycles. The second kappa shape index (κ2) is 7.97. The summed E-state index contributed by atoms with van der Waals surface area (Å²) in [6.07, 6.45) is 2.21. The summed E-state index contributed by atoms with van der Waals surface area (Å²) in [6, 6.07) is 10.2. The average molecular weight is 304 g/mol. The van der Waals surface area contributed by atoms with Crippen LogP contribution < -0.4 is 0 Å². The second-order valence-corrected chi connectivity index (χ2v) is 5.64. The van der Waals surface area contributed by atoms with Gasteiger partial charge >= 0.3 is 11.9 Å². The smallest absolute Gasteiger partial charge is 0.309 e. The summed E-state index contributed by atoms with van der Waals surface area (Å²) in [4.78, 5) is 24.4. The highest BCUT2D eigenvalue weighted by atomic mass is 16.5. The first-order valence-electron chi connectivity index (χ1n) is 8.05. The fraction of sp³-hybridized carbons (Fsp3) is 0.556. The maximum Gasteiger partial charge on any atom is 0.309 e. The highest BCUT2D eigenvalue weighted by Gasteiger charge is 2.41. The molecule has 1 fully saturated rings. The molecule has 0 heterocycles. The molecule has 2 rings (SSSR count). The van der Waals surface area contributed by atoms with E-state index in [1.165, 1.54) is 5.56 Å². The number of rotatable bonds is 5. The normalized spacial score (nSPS) is 24.5. The van der Waals surface area contributed by atoms with Gasteiger partial charge in [-0.2, -0.15) is 0 Å². The zero-order chi connectivity index (χ0) is 15.9. The Hall–Kier alpha value is -1.84. The van der Waals surface area contributed by atoms with E-state index in [9.17, 15) is 9.59 Å². The van der Waals surface area contributed by atoms with Crippen LogP contribution in [-0.4, -0.2) is 25.2 Å². The van der Waals surface area contributed by atoms with Crippen molar-refractivity contribution >= 4 is 11.9 Å². The number of hydrogen-bond donors (Lipinski definition) is 0. The summed E-state index contributed by atoms with van der Waals surface area (Å²) in [6.45, 7) is 4.25. The van der Waals surface area contributed by atoms with Gasteiger partial charge in [0.15, 0.2) is 0 Å². The third-order valence-corrected chi connectivity index (χ3v) is 4.30. The zero-order valence-electron chi connectivity index (χ0n) is 13.3. The van der Waals surface area contributed by atoms with Crippen LogP contribution in [0, 0.1) is 11.8 Å². The summed E-state index contributed by atoms with van der Waals surface area (Å²) in [5.41, 5.74) is 1.22. The summed E-state index contributed by atoms with van der Waals surface area (Å²) in [7, 11) is 0. The molecule has 0 radical (unpaired) electrons. The van der Waals surface area contributed by atoms with E-state index in [0.29, 0.717) is 32.0 Å². The van der Waals surface area contributed by atoms with Crippen molar-refractivity contribution in [1.29, 1.82) is 0 Å². The van der Waals surface area contributed by atoms with Crippen molar-refractivity contribution in [3.05, 3.63) is 35.9 Å². The molecule has 0 aliphatic heterocycles. The average Bonchev–Trinajstić information content (AvgIpc) is 2.55. The van der Waals surface area contributed by atoms with Crippen LogP contribution in [0.5, 0.6) is 0 Å². The predicted octanol–water partition coefficient (Wildman–Crippen LogP) is 3.31. The van der Waals surface area contributed by atoms with Gasteiger partial charge in [0.05, 0.1) is 25.0 Å². The topological polar surface area (TPSA) is 52.6 Å². The van der Waals surface area contributed by atoms with Crippen LogP contribution in [0.25, 0.3) is 0 Å². The minimum atomic E-state index is -0.405. The van der Waals surface area contributed by atoms with Gasteiger partial charge < -0.3 is 9.47 Å². The van der Waals surface area contributed by atoms with Crippen molar-refractivity contribution in [3.8, 4) is 0 Å². The maximum absolute atomic E-state index is 12.3. The number of esters is 2. The van der Waals surface area contributed by atoms with Crippen LogP contribution in [0.3, 0.4) is 0 Å². The van der Waals surface area contributed by atoms with Crippen LogP contribution in [0.1, 0.15) is 44.6 Å². The minimum Gasteiger partial charge on any atom is -0.466 e. The van der Waals surface area contributed by atoms with Crippen LogP contribution in [-0.2, 0) is 19.1 Å². The number of hydrogen-bond acceptors (Lipinski definition) is 4. The molecule has 3 unspecified atom stereocenters. The van der Waals surface area contributed by atoms with Gasteiger partial charge in [-0.3, -0.25) is 9.59 Å². The lowest BCUT2D eigenvalue weighted by atomic mass is 9.72.